The molecule has 2 saturated heterocycles. The molecule has 2 fully saturated rings. The number of methoxy groups -OCH3 is 3. The van der Waals surface area contributed by atoms with E-state index in [9.17, 15) is 31.1 Å². The molecular weight excluding hydrogens is 604 g/mol. The number of carbonyl (C=O) groups excluding carboxylic acids is 1. The van der Waals surface area contributed by atoms with E-state index in [2.05, 4.69) is 9.80 Å². The van der Waals surface area contributed by atoms with Crippen LogP contribution in [0.2, 0.25) is 0 Å². The number of ether oxygens (including phenoxy) is 3. The molecule has 0 aliphatic carbocycles. The minimum Gasteiger partial charge on any atom is -0.493 e. The third-order valence-corrected chi connectivity index (χ3v) is 8.82. The van der Waals surface area contributed by atoms with Gasteiger partial charge in [-0.3, -0.25) is 9.69 Å². The maximum Gasteiger partial charge on any atom is 0.416 e. The maximum atomic E-state index is 13.4. The largest absolute Gasteiger partial charge is 0.493 e. The first-order chi connectivity index (χ1) is 21.3. The van der Waals surface area contributed by atoms with E-state index in [1.165, 1.54) is 52.5 Å². The third-order valence-electron chi connectivity index (χ3n) is 8.82. The van der Waals surface area contributed by atoms with Gasteiger partial charge in [0.2, 0.25) is 11.7 Å². The Bertz CT molecular complexity index is 1270. The van der Waals surface area contributed by atoms with Crippen molar-refractivity contribution in [2.45, 2.75) is 63.0 Å². The van der Waals surface area contributed by atoms with Gasteiger partial charge in [0.15, 0.2) is 11.5 Å². The van der Waals surface area contributed by atoms with Crippen molar-refractivity contribution < 1.29 is 45.3 Å². The molecule has 0 aromatic heterocycles. The van der Waals surface area contributed by atoms with Crippen molar-refractivity contribution in [3.05, 3.63) is 52.6 Å². The fourth-order valence-electron chi connectivity index (χ4n) is 6.44. The van der Waals surface area contributed by atoms with Gasteiger partial charge in [0.05, 0.1) is 44.9 Å². The third kappa shape index (κ3) is 8.35. The van der Waals surface area contributed by atoms with Crippen LogP contribution in [0.5, 0.6) is 17.2 Å². The minimum atomic E-state index is -5.00. The molecule has 2 aliphatic heterocycles. The zero-order valence-electron chi connectivity index (χ0n) is 26.1. The Morgan fingerprint density at radius 3 is 1.93 bits per heavy atom. The lowest BCUT2D eigenvalue weighted by atomic mass is 9.95. The van der Waals surface area contributed by atoms with Crippen molar-refractivity contribution in [1.29, 1.82) is 0 Å². The summed E-state index contributed by atoms with van der Waals surface area (Å²) in [6, 6.07) is 4.89. The fourth-order valence-corrected chi connectivity index (χ4v) is 6.44. The van der Waals surface area contributed by atoms with Crippen LogP contribution in [0, 0.1) is 0 Å². The molecule has 250 valence electrons. The van der Waals surface area contributed by atoms with E-state index >= 15 is 0 Å². The number of hydrogen-bond donors (Lipinski definition) is 0. The van der Waals surface area contributed by atoms with Crippen LogP contribution in [0.1, 0.15) is 60.4 Å². The molecule has 2 aromatic carbocycles. The van der Waals surface area contributed by atoms with Crippen LogP contribution in [-0.2, 0) is 23.6 Å². The Hall–Kier alpha value is -3.19. The smallest absolute Gasteiger partial charge is 0.416 e. The van der Waals surface area contributed by atoms with Gasteiger partial charge in [0.1, 0.15) is 0 Å². The molecule has 13 heteroatoms. The molecule has 2 aliphatic rings. The summed E-state index contributed by atoms with van der Waals surface area (Å²) in [6.45, 7) is 3.74. The summed E-state index contributed by atoms with van der Waals surface area (Å²) in [5.41, 5.74) is -2.54. The highest BCUT2D eigenvalue weighted by Gasteiger charge is 2.38. The number of alkyl halides is 6. The lowest BCUT2D eigenvalue weighted by molar-refractivity contribution is -0.143. The number of rotatable bonds is 10. The average Bonchev–Trinajstić information content (AvgIpc) is 3.02. The Kier molecular flexibility index (Phi) is 11.2. The van der Waals surface area contributed by atoms with Gasteiger partial charge in [0.25, 0.3) is 0 Å². The number of piperidine rings is 2. The molecule has 4 rings (SSSR count). The van der Waals surface area contributed by atoms with Crippen LogP contribution in [0.15, 0.2) is 30.3 Å². The highest BCUT2D eigenvalue weighted by atomic mass is 19.4. The van der Waals surface area contributed by atoms with E-state index in [0.29, 0.717) is 35.4 Å². The second-order valence-electron chi connectivity index (χ2n) is 11.7. The fraction of sp³-hybridized carbons (Fsp3) is 0.594. The number of likely N-dealkylation sites (N-methyl/N-ethyl adjacent to an activating group) is 1. The molecule has 0 saturated carbocycles. The predicted molar refractivity (Wildman–Crippen MR) is 157 cm³/mol. The summed E-state index contributed by atoms with van der Waals surface area (Å²) in [5, 5.41) is 0. The molecule has 2 heterocycles. The van der Waals surface area contributed by atoms with E-state index in [1.54, 1.807) is 6.07 Å². The maximum absolute atomic E-state index is 13.4. The minimum absolute atomic E-state index is 0.0601. The molecule has 1 amide bonds. The van der Waals surface area contributed by atoms with Crippen LogP contribution in [-0.4, -0.2) is 87.7 Å². The van der Waals surface area contributed by atoms with Crippen LogP contribution in [0.4, 0.5) is 26.3 Å². The number of benzene rings is 2. The van der Waals surface area contributed by atoms with Crippen molar-refractivity contribution in [3.8, 4) is 17.2 Å². The van der Waals surface area contributed by atoms with E-state index in [1.807, 2.05) is 6.07 Å². The molecule has 1 atom stereocenters. The molecule has 45 heavy (non-hydrogen) atoms. The topological polar surface area (TPSA) is 54.5 Å². The Balaban J connectivity index is 1.61. The molecule has 0 spiro atoms. The van der Waals surface area contributed by atoms with Crippen molar-refractivity contribution in [1.82, 2.24) is 14.7 Å². The van der Waals surface area contributed by atoms with E-state index in [-0.39, 0.29) is 18.2 Å². The van der Waals surface area contributed by atoms with Gasteiger partial charge in [-0.15, -0.1) is 0 Å². The number of carbonyl (C=O) groups is 1. The Morgan fingerprint density at radius 2 is 1.42 bits per heavy atom. The number of amides is 1. The SMILES string of the molecule is COc1ccc(C(CN(C)C(=O)Cc2cc(C(F)(F)F)cc(C(F)(F)F)c2)N2CCC(N3CCCCC3)CC2)c(OC)c1OC. The van der Waals surface area contributed by atoms with Crippen LogP contribution >= 0.6 is 0 Å². The molecule has 0 N–H and O–H groups in total. The first-order valence-electron chi connectivity index (χ1n) is 15.1. The second kappa shape index (κ2) is 14.5. The highest BCUT2D eigenvalue weighted by molar-refractivity contribution is 5.78. The molecule has 1 unspecified atom stereocenters. The van der Waals surface area contributed by atoms with Crippen molar-refractivity contribution in [2.75, 3.05) is 61.1 Å². The Morgan fingerprint density at radius 1 is 0.844 bits per heavy atom. The summed E-state index contributed by atoms with van der Waals surface area (Å²) < 4.78 is 97.4. The van der Waals surface area contributed by atoms with Crippen molar-refractivity contribution >= 4 is 5.91 Å². The summed E-state index contributed by atoms with van der Waals surface area (Å²) in [6.07, 6.45) is -5.15. The van der Waals surface area contributed by atoms with Crippen molar-refractivity contribution in [2.24, 2.45) is 0 Å². The first kappa shape index (κ1) is 34.7. The van der Waals surface area contributed by atoms with Crippen molar-refractivity contribution in [3.63, 3.8) is 0 Å². The average molecular weight is 646 g/mol. The van der Waals surface area contributed by atoms with Gasteiger partial charge in [-0.25, -0.2) is 0 Å². The number of nitrogens with zero attached hydrogens (tertiary/aromatic N) is 3. The summed E-state index contributed by atoms with van der Waals surface area (Å²) >= 11 is 0. The van der Waals surface area contributed by atoms with Gasteiger partial charge in [-0.05, 0) is 74.7 Å². The summed E-state index contributed by atoms with van der Waals surface area (Å²) in [4.78, 5) is 19.5. The number of likely N-dealkylation sites (tertiary alicyclic amines) is 2. The van der Waals surface area contributed by atoms with Crippen LogP contribution in [0.3, 0.4) is 0 Å². The molecule has 2 aromatic rings. The monoisotopic (exact) mass is 645 g/mol. The summed E-state index contributed by atoms with van der Waals surface area (Å²) in [7, 11) is 6.00. The van der Waals surface area contributed by atoms with E-state index in [0.717, 1.165) is 44.6 Å². The van der Waals surface area contributed by atoms with E-state index in [4.69, 9.17) is 14.2 Å². The van der Waals surface area contributed by atoms with Gasteiger partial charge >= 0.3 is 12.4 Å². The summed E-state index contributed by atoms with van der Waals surface area (Å²) in [5.74, 6) is 0.641. The van der Waals surface area contributed by atoms with Gasteiger partial charge in [-0.1, -0.05) is 6.42 Å². The predicted octanol–water partition coefficient (Wildman–Crippen LogP) is 6.44. The lowest BCUT2D eigenvalue weighted by Crippen LogP contribution is -2.49. The van der Waals surface area contributed by atoms with Crippen LogP contribution < -0.4 is 14.2 Å². The van der Waals surface area contributed by atoms with Gasteiger partial charge in [0, 0.05) is 38.3 Å². The van der Waals surface area contributed by atoms with Crippen LogP contribution in [0.25, 0.3) is 0 Å². The number of halogens is 6. The molecule has 0 radical (unpaired) electrons. The molecule has 0 bridgehead atoms. The molecular formula is C32H41F6N3O4. The zero-order chi connectivity index (χ0) is 32.9. The quantitative estimate of drug-likeness (QED) is 0.277. The second-order valence-corrected chi connectivity index (χ2v) is 11.7. The normalized spacial score (nSPS) is 18.0. The van der Waals surface area contributed by atoms with Gasteiger partial charge < -0.3 is 24.0 Å². The number of hydrogen-bond acceptors (Lipinski definition) is 6. The van der Waals surface area contributed by atoms with Gasteiger partial charge in [-0.2, -0.15) is 26.3 Å². The lowest BCUT2D eigenvalue weighted by Gasteiger charge is -2.43. The first-order valence-corrected chi connectivity index (χ1v) is 15.1. The van der Waals surface area contributed by atoms with E-state index < -0.39 is 41.8 Å². The standard InChI is InChI=1S/C32H41F6N3O4/c1-39(28(42)18-21-16-22(31(33,34)35)19-23(17-21)32(36,37)38)20-26(25-8-9-27(43-2)30(45-4)29(25)44-3)41-14-10-24(11-15-41)40-12-6-5-7-13-40/h8-9,16-17,19,24,26H,5-7,10-15,18,20H2,1-4H3. The molecule has 7 nitrogen and oxygen atoms in total. The zero-order valence-corrected chi connectivity index (χ0v) is 26.1. The Labute approximate surface area is 260 Å². The highest BCUT2D eigenvalue weighted by Crippen LogP contribution is 2.44.